The summed E-state index contributed by atoms with van der Waals surface area (Å²) in [7, 11) is 0. The zero-order valence-corrected chi connectivity index (χ0v) is 20.7. The summed E-state index contributed by atoms with van der Waals surface area (Å²) < 4.78 is 0.725. The van der Waals surface area contributed by atoms with Crippen molar-refractivity contribution in [2.45, 2.75) is 142 Å². The second-order valence-corrected chi connectivity index (χ2v) is 9.48. The Bertz CT molecular complexity index is 446. The molecule has 0 amide bonds. The summed E-state index contributed by atoms with van der Waals surface area (Å²) in [6, 6.07) is 0. The van der Waals surface area contributed by atoms with Gasteiger partial charge in [-0.3, -0.25) is 4.48 Å². The Morgan fingerprint density at radius 2 is 1.33 bits per heavy atom. The molecule has 0 fully saturated rings. The van der Waals surface area contributed by atoms with E-state index >= 15 is 0 Å². The number of aliphatic hydroxyl groups is 1. The topological polar surface area (TPSA) is 32.6 Å². The third kappa shape index (κ3) is 11.1. The van der Waals surface area contributed by atoms with Crippen LogP contribution in [-0.2, 0) is 0 Å². The van der Waals surface area contributed by atoms with Crippen LogP contribution in [0.15, 0.2) is 17.1 Å². The van der Waals surface area contributed by atoms with Crippen LogP contribution in [0.25, 0.3) is 0 Å². The molecule has 3 nitrogen and oxygen atoms in total. The molecule has 0 aromatic rings. The van der Waals surface area contributed by atoms with Crippen molar-refractivity contribution in [2.75, 3.05) is 13.1 Å². The van der Waals surface area contributed by atoms with E-state index in [1.807, 2.05) is 13.1 Å². The van der Waals surface area contributed by atoms with Gasteiger partial charge in [0.05, 0.1) is 12.8 Å². The van der Waals surface area contributed by atoms with E-state index in [0.29, 0.717) is 0 Å². The first-order valence-corrected chi connectivity index (χ1v) is 13.4. The maximum Gasteiger partial charge on any atom is 0.189 e. The second kappa shape index (κ2) is 18.0. The molecular formula is C27H53N2O+. The summed E-state index contributed by atoms with van der Waals surface area (Å²) in [5, 5.41) is 10.2. The molecule has 1 aliphatic rings. The molecule has 30 heavy (non-hydrogen) atoms. The first-order valence-electron chi connectivity index (χ1n) is 13.4. The van der Waals surface area contributed by atoms with Gasteiger partial charge in [-0.25, -0.2) is 4.99 Å². The van der Waals surface area contributed by atoms with Crippen molar-refractivity contribution < 1.29 is 9.59 Å². The summed E-state index contributed by atoms with van der Waals surface area (Å²) in [4.78, 5) is 4.66. The van der Waals surface area contributed by atoms with Crippen LogP contribution in [0.1, 0.15) is 130 Å². The molecule has 3 atom stereocenters. The van der Waals surface area contributed by atoms with Crippen LogP contribution in [0.2, 0.25) is 0 Å². The SMILES string of the molecule is CCCCCCCCCCCCCCC/C=C/CCCC1N=CC[N+]1(CC)C(C)O. The van der Waals surface area contributed by atoms with Crippen LogP contribution in [0, 0.1) is 0 Å². The van der Waals surface area contributed by atoms with Crippen molar-refractivity contribution >= 4 is 6.21 Å². The molecule has 0 aliphatic carbocycles. The minimum atomic E-state index is -0.325. The highest BCUT2D eigenvalue weighted by molar-refractivity contribution is 5.60. The normalized spacial score (nSPS) is 22.3. The van der Waals surface area contributed by atoms with E-state index in [1.54, 1.807) is 0 Å². The summed E-state index contributed by atoms with van der Waals surface area (Å²) in [6.45, 7) is 8.22. The lowest BCUT2D eigenvalue weighted by atomic mass is 10.0. The molecule has 1 rings (SSSR count). The lowest BCUT2D eigenvalue weighted by Crippen LogP contribution is -2.57. The zero-order chi connectivity index (χ0) is 21.9. The van der Waals surface area contributed by atoms with E-state index in [-0.39, 0.29) is 12.4 Å². The van der Waals surface area contributed by atoms with Gasteiger partial charge >= 0.3 is 0 Å². The van der Waals surface area contributed by atoms with Crippen molar-refractivity contribution in [1.82, 2.24) is 0 Å². The largest absolute Gasteiger partial charge is 0.345 e. The lowest BCUT2D eigenvalue weighted by Gasteiger charge is -2.40. The van der Waals surface area contributed by atoms with Crippen LogP contribution in [0.3, 0.4) is 0 Å². The second-order valence-electron chi connectivity index (χ2n) is 9.48. The Balaban J connectivity index is 1.88. The van der Waals surface area contributed by atoms with E-state index < -0.39 is 0 Å². The highest BCUT2D eigenvalue weighted by atomic mass is 16.3. The van der Waals surface area contributed by atoms with Gasteiger partial charge in [0.15, 0.2) is 12.4 Å². The Hall–Kier alpha value is -0.670. The number of nitrogens with zero attached hydrogens (tertiary/aromatic N) is 2. The minimum absolute atomic E-state index is 0.254. The van der Waals surface area contributed by atoms with Gasteiger partial charge in [0.25, 0.3) is 0 Å². The fourth-order valence-corrected chi connectivity index (χ4v) is 4.85. The van der Waals surface area contributed by atoms with Crippen molar-refractivity contribution in [3.8, 4) is 0 Å². The average molecular weight is 422 g/mol. The van der Waals surface area contributed by atoms with Crippen LogP contribution in [0.4, 0.5) is 0 Å². The number of allylic oxidation sites excluding steroid dienone is 2. The molecule has 3 heteroatoms. The maximum atomic E-state index is 10.2. The van der Waals surface area contributed by atoms with Crippen molar-refractivity contribution in [3.05, 3.63) is 12.2 Å². The van der Waals surface area contributed by atoms with Gasteiger partial charge in [-0.05, 0) is 32.6 Å². The molecule has 0 radical (unpaired) electrons. The highest BCUT2D eigenvalue weighted by Crippen LogP contribution is 2.26. The highest BCUT2D eigenvalue weighted by Gasteiger charge is 2.41. The quantitative estimate of drug-likeness (QED) is 0.121. The predicted molar refractivity (Wildman–Crippen MR) is 133 cm³/mol. The molecule has 0 bridgehead atoms. The summed E-state index contributed by atoms with van der Waals surface area (Å²) in [5.74, 6) is 0. The van der Waals surface area contributed by atoms with Crippen LogP contribution < -0.4 is 0 Å². The summed E-state index contributed by atoms with van der Waals surface area (Å²) >= 11 is 0. The molecule has 3 unspecified atom stereocenters. The number of unbranched alkanes of at least 4 members (excludes halogenated alkanes) is 14. The fourth-order valence-electron chi connectivity index (χ4n) is 4.85. The Morgan fingerprint density at radius 1 is 0.833 bits per heavy atom. The minimum Gasteiger partial charge on any atom is -0.345 e. The number of aliphatic imine (C=N–C) groups is 1. The van der Waals surface area contributed by atoms with E-state index in [0.717, 1.165) is 30.4 Å². The van der Waals surface area contributed by atoms with Crippen LogP contribution in [0.5, 0.6) is 0 Å². The zero-order valence-electron chi connectivity index (χ0n) is 20.7. The van der Waals surface area contributed by atoms with Crippen molar-refractivity contribution in [3.63, 3.8) is 0 Å². The van der Waals surface area contributed by atoms with Gasteiger partial charge in [0, 0.05) is 13.3 Å². The number of hydrogen-bond acceptors (Lipinski definition) is 2. The Morgan fingerprint density at radius 3 is 1.83 bits per heavy atom. The maximum absolute atomic E-state index is 10.2. The summed E-state index contributed by atoms with van der Waals surface area (Å²) in [5.41, 5.74) is 0. The molecular weight excluding hydrogens is 368 g/mol. The predicted octanol–water partition coefficient (Wildman–Crippen LogP) is 7.78. The van der Waals surface area contributed by atoms with Crippen molar-refractivity contribution in [1.29, 1.82) is 0 Å². The molecule has 0 saturated carbocycles. The number of quaternary nitrogens is 1. The monoisotopic (exact) mass is 421 g/mol. The average Bonchev–Trinajstić information content (AvgIpc) is 3.17. The third-order valence-electron chi connectivity index (χ3n) is 7.10. The molecule has 1 heterocycles. The molecule has 0 aromatic carbocycles. The Kier molecular flexibility index (Phi) is 16.4. The first kappa shape index (κ1) is 27.4. The van der Waals surface area contributed by atoms with E-state index in [2.05, 4.69) is 31.0 Å². The molecule has 0 spiro atoms. The van der Waals surface area contributed by atoms with E-state index in [9.17, 15) is 5.11 Å². The number of hydrogen-bond donors (Lipinski definition) is 1. The van der Waals surface area contributed by atoms with Gasteiger partial charge in [-0.2, -0.15) is 0 Å². The van der Waals surface area contributed by atoms with Gasteiger partial charge in [0.2, 0.25) is 0 Å². The molecule has 1 N–H and O–H groups in total. The molecule has 176 valence electrons. The van der Waals surface area contributed by atoms with Gasteiger partial charge in [-0.15, -0.1) is 0 Å². The molecule has 0 aromatic heterocycles. The van der Waals surface area contributed by atoms with Gasteiger partial charge < -0.3 is 5.11 Å². The van der Waals surface area contributed by atoms with Crippen LogP contribution in [-0.4, -0.2) is 41.3 Å². The van der Waals surface area contributed by atoms with E-state index in [4.69, 9.17) is 0 Å². The number of rotatable bonds is 20. The molecule has 0 saturated heterocycles. The first-order chi connectivity index (χ1) is 14.7. The van der Waals surface area contributed by atoms with Crippen LogP contribution >= 0.6 is 0 Å². The van der Waals surface area contributed by atoms with Gasteiger partial charge in [-0.1, -0.05) is 96.1 Å². The standard InChI is InChI=1S/C27H53N2O/c1-4-6-7-8-9-10-11-12-13-14-15-16-17-18-19-20-21-22-23-27-28-24-25-29(27,5-2)26(3)30/h19-20,24,26-27,30H,4-18,21-23,25H2,1-3H3/q+1/b20-19+. The Labute approximate surface area is 188 Å². The van der Waals surface area contributed by atoms with E-state index in [1.165, 1.54) is 96.3 Å². The smallest absolute Gasteiger partial charge is 0.189 e. The fraction of sp³-hybridized carbons (Fsp3) is 0.889. The lowest BCUT2D eigenvalue weighted by molar-refractivity contribution is -0.976. The van der Waals surface area contributed by atoms with Gasteiger partial charge in [0.1, 0.15) is 6.54 Å². The molecule has 1 aliphatic heterocycles. The van der Waals surface area contributed by atoms with Crippen molar-refractivity contribution in [2.24, 2.45) is 4.99 Å². The summed E-state index contributed by atoms with van der Waals surface area (Å²) in [6.07, 6.45) is 29.9. The third-order valence-corrected chi connectivity index (χ3v) is 7.10. The number of aliphatic hydroxyl groups excluding tert-OH is 1.